The minimum Gasteiger partial charge on any atom is -0.293 e. The molecule has 0 N–H and O–H groups in total. The summed E-state index contributed by atoms with van der Waals surface area (Å²) in [6.45, 7) is 1.71. The summed E-state index contributed by atoms with van der Waals surface area (Å²) in [5, 5.41) is 10.3. The van der Waals surface area contributed by atoms with Crippen molar-refractivity contribution in [3.63, 3.8) is 0 Å². The Kier molecular flexibility index (Phi) is 3.35. The van der Waals surface area contributed by atoms with Gasteiger partial charge in [-0.1, -0.05) is 15.9 Å². The maximum absolute atomic E-state index is 11.4. The van der Waals surface area contributed by atoms with Crippen LogP contribution in [0.4, 0.5) is 5.69 Å². The van der Waals surface area contributed by atoms with E-state index in [1.54, 1.807) is 6.92 Å². The van der Waals surface area contributed by atoms with Gasteiger partial charge in [0.2, 0.25) is 0 Å². The molecule has 1 atom stereocenters. The van der Waals surface area contributed by atoms with Gasteiger partial charge in [-0.05, 0) is 19.1 Å². The summed E-state index contributed by atoms with van der Waals surface area (Å²) < 4.78 is 0. The molecule has 0 bridgehead atoms. The topological polar surface area (TPSA) is 60.2 Å². The van der Waals surface area contributed by atoms with Crippen LogP contribution < -0.4 is 0 Å². The number of hydrogen-bond donors (Lipinski definition) is 0. The molecule has 0 saturated heterocycles. The van der Waals surface area contributed by atoms with Crippen LogP contribution in [0, 0.1) is 10.1 Å². The lowest BCUT2D eigenvalue weighted by Crippen LogP contribution is -2.09. The number of alkyl halides is 1. The molecule has 14 heavy (non-hydrogen) atoms. The zero-order valence-corrected chi connectivity index (χ0v) is 9.02. The third kappa shape index (κ3) is 2.38. The van der Waals surface area contributed by atoms with E-state index in [1.165, 1.54) is 24.3 Å². The molecule has 4 nitrogen and oxygen atoms in total. The molecule has 1 aromatic carbocycles. The van der Waals surface area contributed by atoms with E-state index in [9.17, 15) is 14.9 Å². The first-order valence-electron chi connectivity index (χ1n) is 3.95. The van der Waals surface area contributed by atoms with Crippen LogP contribution in [0.5, 0.6) is 0 Å². The predicted molar refractivity (Wildman–Crippen MR) is 55.8 cm³/mol. The Bertz CT molecular complexity index is 359. The van der Waals surface area contributed by atoms with Gasteiger partial charge >= 0.3 is 0 Å². The quantitative estimate of drug-likeness (QED) is 0.362. The van der Waals surface area contributed by atoms with Crippen molar-refractivity contribution in [1.82, 2.24) is 0 Å². The van der Waals surface area contributed by atoms with Gasteiger partial charge in [-0.15, -0.1) is 0 Å². The van der Waals surface area contributed by atoms with Crippen molar-refractivity contribution >= 4 is 27.4 Å². The number of ketones is 1. The molecule has 1 aromatic rings. The first-order valence-corrected chi connectivity index (χ1v) is 4.86. The minimum absolute atomic E-state index is 0.0104. The second-order valence-electron chi connectivity index (χ2n) is 2.78. The second kappa shape index (κ2) is 4.32. The van der Waals surface area contributed by atoms with Gasteiger partial charge in [-0.3, -0.25) is 14.9 Å². The SMILES string of the molecule is C[C@H](Br)C(=O)c1ccc([N+](=O)[O-])cc1. The number of benzene rings is 1. The molecule has 0 fully saturated rings. The van der Waals surface area contributed by atoms with E-state index >= 15 is 0 Å². The van der Waals surface area contributed by atoms with E-state index in [4.69, 9.17) is 0 Å². The van der Waals surface area contributed by atoms with E-state index in [2.05, 4.69) is 15.9 Å². The van der Waals surface area contributed by atoms with Gasteiger partial charge < -0.3 is 0 Å². The highest BCUT2D eigenvalue weighted by molar-refractivity contribution is 9.10. The van der Waals surface area contributed by atoms with E-state index in [-0.39, 0.29) is 16.3 Å². The number of carbonyl (C=O) groups is 1. The minimum atomic E-state index is -0.494. The van der Waals surface area contributed by atoms with Crippen LogP contribution in [0.25, 0.3) is 0 Å². The van der Waals surface area contributed by atoms with Gasteiger partial charge in [-0.2, -0.15) is 0 Å². The molecule has 0 heterocycles. The van der Waals surface area contributed by atoms with Crippen LogP contribution >= 0.6 is 15.9 Å². The van der Waals surface area contributed by atoms with Gasteiger partial charge in [0.05, 0.1) is 9.75 Å². The van der Waals surface area contributed by atoms with E-state index in [0.717, 1.165) is 0 Å². The standard InChI is InChI=1S/C9H8BrNO3/c1-6(10)9(12)7-2-4-8(5-3-7)11(13)14/h2-6H,1H3/t6-/m0/s1. The molecule has 0 saturated carbocycles. The number of carbonyl (C=O) groups excluding carboxylic acids is 1. The second-order valence-corrected chi connectivity index (χ2v) is 4.16. The van der Waals surface area contributed by atoms with E-state index < -0.39 is 4.92 Å². The lowest BCUT2D eigenvalue weighted by Gasteiger charge is -2.01. The highest BCUT2D eigenvalue weighted by Crippen LogP contribution is 2.15. The van der Waals surface area contributed by atoms with Crippen molar-refractivity contribution in [1.29, 1.82) is 0 Å². The monoisotopic (exact) mass is 257 g/mol. The number of Topliss-reactive ketones (excluding diaryl/α,β-unsaturated/α-hetero) is 1. The van der Waals surface area contributed by atoms with Crippen LogP contribution in [-0.4, -0.2) is 15.5 Å². The van der Waals surface area contributed by atoms with Crippen LogP contribution in [-0.2, 0) is 0 Å². The Morgan fingerprint density at radius 3 is 2.29 bits per heavy atom. The summed E-state index contributed by atoms with van der Waals surface area (Å²) in [7, 11) is 0. The molecule has 0 radical (unpaired) electrons. The smallest absolute Gasteiger partial charge is 0.269 e. The van der Waals surface area contributed by atoms with Crippen molar-refractivity contribution in [2.45, 2.75) is 11.8 Å². The van der Waals surface area contributed by atoms with Crippen LogP contribution in [0.2, 0.25) is 0 Å². The van der Waals surface area contributed by atoms with E-state index in [0.29, 0.717) is 5.56 Å². The van der Waals surface area contributed by atoms with Gasteiger partial charge in [0, 0.05) is 17.7 Å². The number of halogens is 1. The Balaban J connectivity index is 2.94. The lowest BCUT2D eigenvalue weighted by molar-refractivity contribution is -0.384. The van der Waals surface area contributed by atoms with Crippen molar-refractivity contribution in [2.75, 3.05) is 0 Å². The van der Waals surface area contributed by atoms with Crippen LogP contribution in [0.15, 0.2) is 24.3 Å². The Morgan fingerprint density at radius 2 is 1.93 bits per heavy atom. The summed E-state index contributed by atoms with van der Waals surface area (Å²) in [4.78, 5) is 21.0. The first kappa shape index (κ1) is 10.8. The van der Waals surface area contributed by atoms with Crippen molar-refractivity contribution in [3.8, 4) is 0 Å². The molecule has 74 valence electrons. The highest BCUT2D eigenvalue weighted by Gasteiger charge is 2.13. The molecule has 0 spiro atoms. The first-order chi connectivity index (χ1) is 6.52. The molecule has 0 aliphatic rings. The van der Waals surface area contributed by atoms with Gasteiger partial charge in [-0.25, -0.2) is 0 Å². The van der Waals surface area contributed by atoms with E-state index in [1.807, 2.05) is 0 Å². The summed E-state index contributed by atoms with van der Waals surface area (Å²) in [5.74, 6) is -0.0834. The van der Waals surface area contributed by atoms with Crippen molar-refractivity contribution < 1.29 is 9.72 Å². The van der Waals surface area contributed by atoms with Gasteiger partial charge in [0.25, 0.3) is 5.69 Å². The number of non-ortho nitro benzene ring substituents is 1. The van der Waals surface area contributed by atoms with Gasteiger partial charge in [0.15, 0.2) is 5.78 Å². The molecule has 1 rings (SSSR count). The fourth-order valence-electron chi connectivity index (χ4n) is 0.977. The predicted octanol–water partition coefficient (Wildman–Crippen LogP) is 2.56. The van der Waals surface area contributed by atoms with Crippen molar-refractivity contribution in [2.24, 2.45) is 0 Å². The number of nitro benzene ring substituents is 1. The molecule has 0 aliphatic carbocycles. The lowest BCUT2D eigenvalue weighted by atomic mass is 10.1. The molecule has 0 aromatic heterocycles. The molecule has 0 unspecified atom stereocenters. The molecular formula is C9H8BrNO3. The number of hydrogen-bond acceptors (Lipinski definition) is 3. The maximum atomic E-state index is 11.4. The zero-order valence-electron chi connectivity index (χ0n) is 7.44. The van der Waals surface area contributed by atoms with Crippen LogP contribution in [0.3, 0.4) is 0 Å². The van der Waals surface area contributed by atoms with Gasteiger partial charge in [0.1, 0.15) is 0 Å². The number of nitro groups is 1. The Morgan fingerprint density at radius 1 is 1.43 bits per heavy atom. The molecule has 0 amide bonds. The molecule has 0 aliphatic heterocycles. The fraction of sp³-hybridized carbons (Fsp3) is 0.222. The van der Waals surface area contributed by atoms with Crippen LogP contribution in [0.1, 0.15) is 17.3 Å². The molecule has 5 heteroatoms. The normalized spacial score (nSPS) is 12.1. The summed E-state index contributed by atoms with van der Waals surface area (Å²) in [5.41, 5.74) is 0.462. The number of rotatable bonds is 3. The Hall–Kier alpha value is -1.23. The average molecular weight is 258 g/mol. The summed E-state index contributed by atoms with van der Waals surface area (Å²) in [6, 6.07) is 5.56. The summed E-state index contributed by atoms with van der Waals surface area (Å²) in [6.07, 6.45) is 0. The largest absolute Gasteiger partial charge is 0.293 e. The fourth-order valence-corrected chi connectivity index (χ4v) is 1.24. The molecular weight excluding hydrogens is 250 g/mol. The summed E-state index contributed by atoms with van der Waals surface area (Å²) >= 11 is 3.14. The maximum Gasteiger partial charge on any atom is 0.269 e. The Labute approximate surface area is 89.2 Å². The highest BCUT2D eigenvalue weighted by atomic mass is 79.9. The third-order valence-corrected chi connectivity index (χ3v) is 2.14. The number of nitrogens with zero attached hydrogens (tertiary/aromatic N) is 1. The average Bonchev–Trinajstić information content (AvgIpc) is 2.16. The van der Waals surface area contributed by atoms with Crippen molar-refractivity contribution in [3.05, 3.63) is 39.9 Å². The zero-order chi connectivity index (χ0) is 10.7. The third-order valence-electron chi connectivity index (χ3n) is 1.72.